The van der Waals surface area contributed by atoms with E-state index in [0.717, 1.165) is 67.4 Å². The van der Waals surface area contributed by atoms with Crippen LogP contribution in [0.4, 0.5) is 0 Å². The van der Waals surface area contributed by atoms with Crippen molar-refractivity contribution in [2.45, 2.75) is 51.5 Å². The fraction of sp³-hybridized carbons (Fsp3) is 0.519. The molecule has 0 aliphatic carbocycles. The first-order valence-electron chi connectivity index (χ1n) is 13.1. The summed E-state index contributed by atoms with van der Waals surface area (Å²) in [5.41, 5.74) is 1.84. The van der Waals surface area contributed by atoms with E-state index in [1.54, 1.807) is 0 Å². The normalized spacial score (nSPS) is 17.7. The zero-order chi connectivity index (χ0) is 27.1. The van der Waals surface area contributed by atoms with Crippen LogP contribution in [-0.2, 0) is 14.3 Å². The Kier molecular flexibility index (Phi) is 9.24. The number of piperidine rings is 1. The zero-order valence-electron chi connectivity index (χ0n) is 21.8. The second kappa shape index (κ2) is 12.8. The molecule has 2 fully saturated rings. The molecule has 3 aromatic rings. The Labute approximate surface area is 221 Å². The van der Waals surface area contributed by atoms with E-state index >= 15 is 0 Å². The van der Waals surface area contributed by atoms with Gasteiger partial charge in [-0.15, -0.1) is 10.2 Å². The van der Waals surface area contributed by atoms with Gasteiger partial charge in [-0.1, -0.05) is 12.1 Å². The summed E-state index contributed by atoms with van der Waals surface area (Å²) in [7, 11) is 0. The Morgan fingerprint density at radius 1 is 1.05 bits per heavy atom. The molecular formula is C27H35N5O6. The molecule has 0 bridgehead atoms. The lowest BCUT2D eigenvalue weighted by Gasteiger charge is -2.34. The molecule has 1 aromatic carbocycles. The Balaban J connectivity index is 0.000000368. The third-order valence-electron chi connectivity index (χ3n) is 6.92. The minimum atomic E-state index is -1.26. The summed E-state index contributed by atoms with van der Waals surface area (Å²) in [6.45, 7) is 9.52. The van der Waals surface area contributed by atoms with Crippen molar-refractivity contribution in [3.63, 3.8) is 0 Å². The van der Waals surface area contributed by atoms with Crippen molar-refractivity contribution in [1.29, 1.82) is 0 Å². The fourth-order valence-electron chi connectivity index (χ4n) is 4.81. The monoisotopic (exact) mass is 525 g/mol. The number of rotatable bonds is 7. The number of fused-ring (bicyclic) bond motifs is 1. The van der Waals surface area contributed by atoms with Gasteiger partial charge in [-0.25, -0.2) is 9.59 Å². The molecule has 2 saturated heterocycles. The van der Waals surface area contributed by atoms with Gasteiger partial charge in [0.25, 0.3) is 0 Å². The number of likely N-dealkylation sites (tertiary alicyclic amines) is 1. The van der Waals surface area contributed by atoms with Gasteiger partial charge in [0.2, 0.25) is 11.8 Å². The lowest BCUT2D eigenvalue weighted by atomic mass is 9.94. The second-order valence-electron chi connectivity index (χ2n) is 10.0. The summed E-state index contributed by atoms with van der Waals surface area (Å²) in [5.74, 6) is -0.0221. The Morgan fingerprint density at radius 2 is 1.74 bits per heavy atom. The van der Waals surface area contributed by atoms with E-state index in [0.29, 0.717) is 30.0 Å². The van der Waals surface area contributed by atoms with Gasteiger partial charge in [0.15, 0.2) is 0 Å². The van der Waals surface area contributed by atoms with Crippen LogP contribution in [0.25, 0.3) is 22.4 Å². The molecule has 5 rings (SSSR count). The highest BCUT2D eigenvalue weighted by atomic mass is 16.5. The van der Waals surface area contributed by atoms with Crippen molar-refractivity contribution in [2.24, 2.45) is 5.92 Å². The van der Waals surface area contributed by atoms with Gasteiger partial charge in [0, 0.05) is 55.5 Å². The molecule has 2 N–H and O–H groups in total. The van der Waals surface area contributed by atoms with E-state index in [2.05, 4.69) is 41.2 Å². The van der Waals surface area contributed by atoms with Crippen LogP contribution >= 0.6 is 0 Å². The van der Waals surface area contributed by atoms with Gasteiger partial charge in [0.1, 0.15) is 5.52 Å². The molecule has 0 saturated carbocycles. The molecule has 11 heteroatoms. The van der Waals surface area contributed by atoms with Crippen molar-refractivity contribution >= 4 is 22.8 Å². The van der Waals surface area contributed by atoms with Crippen LogP contribution in [0, 0.1) is 5.92 Å². The second-order valence-corrected chi connectivity index (χ2v) is 10.0. The van der Waals surface area contributed by atoms with Crippen molar-refractivity contribution in [3.8, 4) is 11.5 Å². The maximum Gasteiger partial charge on any atom is 0.328 e. The highest BCUT2D eigenvalue weighted by molar-refractivity contribution is 5.91. The van der Waals surface area contributed by atoms with Gasteiger partial charge < -0.3 is 24.3 Å². The third-order valence-corrected chi connectivity index (χ3v) is 6.92. The van der Waals surface area contributed by atoms with Crippen LogP contribution < -0.4 is 0 Å². The Morgan fingerprint density at radius 3 is 2.37 bits per heavy atom. The quantitative estimate of drug-likeness (QED) is 0.435. The first kappa shape index (κ1) is 27.5. The predicted molar refractivity (Wildman–Crippen MR) is 140 cm³/mol. The fourth-order valence-corrected chi connectivity index (χ4v) is 4.81. The summed E-state index contributed by atoms with van der Waals surface area (Å²) in [5, 5.41) is 30.3. The average molecular weight is 526 g/mol. The molecular weight excluding hydrogens is 490 g/mol. The number of aromatic nitrogens is 4. The van der Waals surface area contributed by atoms with Gasteiger partial charge in [-0.05, 0) is 64.6 Å². The summed E-state index contributed by atoms with van der Waals surface area (Å²) in [4.78, 5) is 21.7. The van der Waals surface area contributed by atoms with Crippen LogP contribution in [0.1, 0.15) is 57.4 Å². The molecule has 0 amide bonds. The van der Waals surface area contributed by atoms with Gasteiger partial charge in [-0.2, -0.15) is 5.10 Å². The van der Waals surface area contributed by atoms with E-state index in [9.17, 15) is 9.59 Å². The number of carboxylic acids is 2. The Bertz CT molecular complexity index is 1240. The highest BCUT2D eigenvalue weighted by Crippen LogP contribution is 2.32. The summed E-state index contributed by atoms with van der Waals surface area (Å²) in [6.07, 6.45) is 7.75. The zero-order valence-corrected chi connectivity index (χ0v) is 21.8. The van der Waals surface area contributed by atoms with Crippen molar-refractivity contribution in [2.75, 3.05) is 32.8 Å². The van der Waals surface area contributed by atoms with Crippen molar-refractivity contribution in [3.05, 3.63) is 42.4 Å². The molecule has 0 unspecified atom stereocenters. The van der Waals surface area contributed by atoms with Crippen LogP contribution in [0.2, 0.25) is 0 Å². The van der Waals surface area contributed by atoms with E-state index in [1.165, 1.54) is 19.4 Å². The number of carbonyl (C=O) groups is 2. The molecule has 2 aromatic heterocycles. The van der Waals surface area contributed by atoms with Crippen LogP contribution in [0.15, 0.2) is 41.0 Å². The number of hydrogen-bond donors (Lipinski definition) is 2. The number of benzene rings is 1. The smallest absolute Gasteiger partial charge is 0.328 e. The largest absolute Gasteiger partial charge is 0.478 e. The molecule has 2 aliphatic rings. The van der Waals surface area contributed by atoms with Crippen LogP contribution in [0.3, 0.4) is 0 Å². The molecule has 11 nitrogen and oxygen atoms in total. The average Bonchev–Trinajstić information content (AvgIpc) is 3.57. The minimum absolute atomic E-state index is 0.315. The first-order chi connectivity index (χ1) is 18.3. The van der Waals surface area contributed by atoms with Crippen LogP contribution in [0.5, 0.6) is 0 Å². The Hall–Kier alpha value is -3.57. The standard InChI is InChI=1S/C23H31N5O2.C4H4O4/c1-16(2)28-15-19-4-3-5-20(21(19)26-28)23-25-24-22(30-23)18-6-10-27(11-7-18)14-17-8-12-29-13-9-17;5-3(6)1-2-4(7)8/h3-5,15-18H,6-14H2,1-2H3;1-2H,(H,5,6)(H,7,8)/b;2-1+. The first-order valence-corrected chi connectivity index (χ1v) is 13.1. The molecule has 0 atom stereocenters. The minimum Gasteiger partial charge on any atom is -0.478 e. The van der Waals surface area contributed by atoms with Crippen molar-refractivity contribution < 1.29 is 29.0 Å². The van der Waals surface area contributed by atoms with Crippen molar-refractivity contribution in [1.82, 2.24) is 24.9 Å². The summed E-state index contributed by atoms with van der Waals surface area (Å²) in [6, 6.07) is 6.45. The SMILES string of the molecule is CC(C)n1cc2cccc(-c3nnc(C4CCN(CC5CCOCC5)CC4)o3)c2n1.O=C(O)/C=C/C(=O)O. The van der Waals surface area contributed by atoms with Gasteiger partial charge in [-0.3, -0.25) is 4.68 Å². The van der Waals surface area contributed by atoms with Crippen LogP contribution in [-0.4, -0.2) is 79.9 Å². The summed E-state index contributed by atoms with van der Waals surface area (Å²) >= 11 is 0. The molecule has 0 radical (unpaired) electrons. The molecule has 0 spiro atoms. The highest BCUT2D eigenvalue weighted by Gasteiger charge is 2.27. The lowest BCUT2D eigenvalue weighted by molar-refractivity contribution is -0.134. The molecule has 204 valence electrons. The lowest BCUT2D eigenvalue weighted by Crippen LogP contribution is -2.38. The number of hydrogen-bond acceptors (Lipinski definition) is 8. The maximum absolute atomic E-state index is 9.55. The third kappa shape index (κ3) is 7.26. The number of carboxylic acid groups (broad SMARTS) is 2. The summed E-state index contributed by atoms with van der Waals surface area (Å²) < 4.78 is 13.6. The molecule has 4 heterocycles. The number of ether oxygens (including phenoxy) is 1. The van der Waals surface area contributed by atoms with E-state index in [4.69, 9.17) is 24.5 Å². The maximum atomic E-state index is 9.55. The van der Waals surface area contributed by atoms with E-state index in [-0.39, 0.29) is 0 Å². The van der Waals surface area contributed by atoms with E-state index < -0.39 is 11.9 Å². The molecule has 2 aliphatic heterocycles. The number of nitrogens with zero attached hydrogens (tertiary/aromatic N) is 5. The topological polar surface area (TPSA) is 144 Å². The van der Waals surface area contributed by atoms with Gasteiger partial charge in [0.05, 0.1) is 5.56 Å². The molecule has 38 heavy (non-hydrogen) atoms. The van der Waals surface area contributed by atoms with Gasteiger partial charge >= 0.3 is 11.9 Å². The van der Waals surface area contributed by atoms with E-state index in [1.807, 2.05) is 16.8 Å². The predicted octanol–water partition coefficient (Wildman–Crippen LogP) is 3.99. The number of aliphatic carboxylic acids is 2.